The summed E-state index contributed by atoms with van der Waals surface area (Å²) in [5, 5.41) is 4.81. The molecule has 1 aliphatic carbocycles. The van der Waals surface area contributed by atoms with Crippen molar-refractivity contribution in [3.63, 3.8) is 0 Å². The molecule has 1 amide bonds. The molecule has 5 nitrogen and oxygen atoms in total. The van der Waals surface area contributed by atoms with Gasteiger partial charge in [-0.3, -0.25) is 9.52 Å². The molecular weight excluding hydrogens is 356 g/mol. The van der Waals surface area contributed by atoms with Crippen LogP contribution in [0.1, 0.15) is 48.9 Å². The zero-order valence-electron chi connectivity index (χ0n) is 13.9. The fourth-order valence-electron chi connectivity index (χ4n) is 3.00. The van der Waals surface area contributed by atoms with Crippen molar-refractivity contribution in [2.75, 3.05) is 4.72 Å². The van der Waals surface area contributed by atoms with Crippen molar-refractivity contribution >= 4 is 33.0 Å². The van der Waals surface area contributed by atoms with Crippen LogP contribution in [0, 0.1) is 0 Å². The van der Waals surface area contributed by atoms with Gasteiger partial charge in [0.2, 0.25) is 0 Å². The zero-order chi connectivity index (χ0) is 17.7. The first kappa shape index (κ1) is 17.9. The second kappa shape index (κ2) is 8.01. The molecule has 25 heavy (non-hydrogen) atoms. The molecule has 1 heterocycles. The third kappa shape index (κ3) is 4.83. The molecule has 0 atom stereocenters. The van der Waals surface area contributed by atoms with Crippen LogP contribution < -0.4 is 10.0 Å². The molecule has 2 aromatic rings. The number of anilines is 1. The maximum absolute atomic E-state index is 12.4. The average molecular weight is 379 g/mol. The molecule has 0 bridgehead atoms. The first-order chi connectivity index (χ1) is 12.0. The molecule has 1 aromatic heterocycles. The van der Waals surface area contributed by atoms with Crippen LogP contribution in [0.2, 0.25) is 0 Å². The van der Waals surface area contributed by atoms with Crippen LogP contribution in [0.5, 0.6) is 0 Å². The number of thiophene rings is 1. The topological polar surface area (TPSA) is 75.3 Å². The van der Waals surface area contributed by atoms with Crippen LogP contribution in [0.4, 0.5) is 5.69 Å². The van der Waals surface area contributed by atoms with Gasteiger partial charge in [0.05, 0.1) is 0 Å². The Bertz CT molecular complexity index is 791. The Kier molecular flexibility index (Phi) is 5.75. The van der Waals surface area contributed by atoms with Crippen molar-refractivity contribution in [1.29, 1.82) is 0 Å². The van der Waals surface area contributed by atoms with Crippen molar-refractivity contribution in [2.45, 2.75) is 48.8 Å². The smallest absolute Gasteiger partial charge is 0.271 e. The van der Waals surface area contributed by atoms with Crippen molar-refractivity contribution < 1.29 is 13.2 Å². The van der Waals surface area contributed by atoms with E-state index >= 15 is 0 Å². The number of benzene rings is 1. The molecule has 0 aliphatic heterocycles. The highest BCUT2D eigenvalue weighted by molar-refractivity contribution is 7.94. The van der Waals surface area contributed by atoms with E-state index in [1.807, 2.05) is 0 Å². The fourth-order valence-corrected chi connectivity index (χ4v) is 5.06. The Balaban J connectivity index is 1.62. The normalized spacial score (nSPS) is 16.2. The Morgan fingerprint density at radius 1 is 1.00 bits per heavy atom. The van der Waals surface area contributed by atoms with E-state index in [2.05, 4.69) is 10.0 Å². The molecule has 1 fully saturated rings. The summed E-state index contributed by atoms with van der Waals surface area (Å²) in [6.07, 6.45) is 6.87. The SMILES string of the molecule is O=C(NC1CCCCCC1)c1ccc(NS(=O)(=O)c2cccs2)cc1. The third-order valence-electron chi connectivity index (χ3n) is 4.35. The van der Waals surface area contributed by atoms with E-state index in [0.717, 1.165) is 37.0 Å². The van der Waals surface area contributed by atoms with Crippen molar-refractivity contribution in [2.24, 2.45) is 0 Å². The molecule has 1 aromatic carbocycles. The molecule has 1 aliphatic rings. The predicted octanol–water partition coefficient (Wildman–Crippen LogP) is 4.00. The van der Waals surface area contributed by atoms with Crippen LogP contribution in [-0.4, -0.2) is 20.4 Å². The zero-order valence-corrected chi connectivity index (χ0v) is 15.5. The average Bonchev–Trinajstić information content (AvgIpc) is 3.03. The van der Waals surface area contributed by atoms with E-state index in [1.54, 1.807) is 41.8 Å². The van der Waals surface area contributed by atoms with Gasteiger partial charge in [-0.1, -0.05) is 31.7 Å². The second-order valence-electron chi connectivity index (χ2n) is 6.28. The maximum atomic E-state index is 12.4. The van der Waals surface area contributed by atoms with Crippen molar-refractivity contribution in [3.8, 4) is 0 Å². The summed E-state index contributed by atoms with van der Waals surface area (Å²) >= 11 is 1.16. The Labute approximate surface area is 152 Å². The minimum absolute atomic E-state index is 0.0976. The second-order valence-corrected chi connectivity index (χ2v) is 9.13. The summed E-state index contributed by atoms with van der Waals surface area (Å²) in [5.74, 6) is -0.0976. The van der Waals surface area contributed by atoms with Crippen molar-refractivity contribution in [3.05, 3.63) is 47.3 Å². The first-order valence-electron chi connectivity index (χ1n) is 8.52. The highest BCUT2D eigenvalue weighted by Gasteiger charge is 2.17. The lowest BCUT2D eigenvalue weighted by atomic mass is 10.1. The van der Waals surface area contributed by atoms with Gasteiger partial charge in [-0.05, 0) is 48.6 Å². The summed E-state index contributed by atoms with van der Waals surface area (Å²) < 4.78 is 27.2. The highest BCUT2D eigenvalue weighted by atomic mass is 32.2. The fraction of sp³-hybridized carbons (Fsp3) is 0.389. The molecule has 2 N–H and O–H groups in total. The largest absolute Gasteiger partial charge is 0.349 e. The van der Waals surface area contributed by atoms with Gasteiger partial charge in [0.1, 0.15) is 4.21 Å². The number of carbonyl (C=O) groups is 1. The molecule has 0 spiro atoms. The predicted molar refractivity (Wildman–Crippen MR) is 101 cm³/mol. The van der Waals surface area contributed by atoms with E-state index < -0.39 is 10.0 Å². The Morgan fingerprint density at radius 3 is 2.28 bits per heavy atom. The summed E-state index contributed by atoms with van der Waals surface area (Å²) in [6.45, 7) is 0. The van der Waals surface area contributed by atoms with E-state index in [-0.39, 0.29) is 16.2 Å². The van der Waals surface area contributed by atoms with Gasteiger partial charge in [-0.2, -0.15) is 0 Å². The van der Waals surface area contributed by atoms with Crippen LogP contribution in [0.15, 0.2) is 46.0 Å². The molecule has 134 valence electrons. The van der Waals surface area contributed by atoms with Gasteiger partial charge < -0.3 is 5.32 Å². The highest BCUT2D eigenvalue weighted by Crippen LogP contribution is 2.21. The number of rotatable bonds is 5. The summed E-state index contributed by atoms with van der Waals surface area (Å²) in [4.78, 5) is 12.4. The first-order valence-corrected chi connectivity index (χ1v) is 10.9. The van der Waals surface area contributed by atoms with Gasteiger partial charge in [0.25, 0.3) is 15.9 Å². The number of hydrogen-bond donors (Lipinski definition) is 2. The number of nitrogens with one attached hydrogen (secondary N) is 2. The monoisotopic (exact) mass is 378 g/mol. The van der Waals surface area contributed by atoms with E-state index in [4.69, 9.17) is 0 Å². The lowest BCUT2D eigenvalue weighted by molar-refractivity contribution is 0.0933. The quantitative estimate of drug-likeness (QED) is 0.772. The van der Waals surface area contributed by atoms with Gasteiger partial charge in [0, 0.05) is 17.3 Å². The third-order valence-corrected chi connectivity index (χ3v) is 7.13. The molecule has 7 heteroatoms. The summed E-state index contributed by atoms with van der Waals surface area (Å²) in [6, 6.07) is 10.0. The number of sulfonamides is 1. The van der Waals surface area contributed by atoms with E-state index in [9.17, 15) is 13.2 Å². The lowest BCUT2D eigenvalue weighted by Crippen LogP contribution is -2.34. The van der Waals surface area contributed by atoms with Crippen LogP contribution in [-0.2, 0) is 10.0 Å². The molecular formula is C18H22N2O3S2. The summed E-state index contributed by atoms with van der Waals surface area (Å²) in [7, 11) is -3.56. The van der Waals surface area contributed by atoms with Gasteiger partial charge in [-0.15, -0.1) is 11.3 Å². The lowest BCUT2D eigenvalue weighted by Gasteiger charge is -2.16. The van der Waals surface area contributed by atoms with Gasteiger partial charge in [0.15, 0.2) is 0 Å². The minimum Gasteiger partial charge on any atom is -0.349 e. The van der Waals surface area contributed by atoms with Crippen LogP contribution in [0.25, 0.3) is 0 Å². The van der Waals surface area contributed by atoms with Crippen molar-refractivity contribution in [1.82, 2.24) is 5.32 Å². The van der Waals surface area contributed by atoms with E-state index in [1.165, 1.54) is 12.8 Å². The van der Waals surface area contributed by atoms with E-state index in [0.29, 0.717) is 11.3 Å². The van der Waals surface area contributed by atoms with Gasteiger partial charge >= 0.3 is 0 Å². The molecule has 0 saturated heterocycles. The number of amides is 1. The number of carbonyl (C=O) groups excluding carboxylic acids is 1. The summed E-state index contributed by atoms with van der Waals surface area (Å²) in [5.41, 5.74) is 0.989. The minimum atomic E-state index is -3.56. The standard InChI is InChI=1S/C18H22N2O3S2/c21-18(19-15-6-3-1-2-4-7-15)14-9-11-16(12-10-14)20-25(22,23)17-8-5-13-24-17/h5,8-13,15,20H,1-4,6-7H2,(H,19,21). The molecule has 0 unspecified atom stereocenters. The Hall–Kier alpha value is -1.86. The van der Waals surface area contributed by atoms with Crippen LogP contribution >= 0.6 is 11.3 Å². The van der Waals surface area contributed by atoms with Crippen LogP contribution in [0.3, 0.4) is 0 Å². The molecule has 3 rings (SSSR count). The molecule has 1 saturated carbocycles. The van der Waals surface area contributed by atoms with Gasteiger partial charge in [-0.25, -0.2) is 8.42 Å². The molecule has 0 radical (unpaired) electrons. The Morgan fingerprint density at radius 2 is 1.68 bits per heavy atom. The number of hydrogen-bond acceptors (Lipinski definition) is 4. The maximum Gasteiger partial charge on any atom is 0.271 e.